The van der Waals surface area contributed by atoms with E-state index in [4.69, 9.17) is 0 Å². The van der Waals surface area contributed by atoms with Gasteiger partial charge in [0.1, 0.15) is 0 Å². The molecule has 11 aromatic carbocycles. The van der Waals surface area contributed by atoms with Crippen LogP contribution < -0.4 is 4.90 Å². The van der Waals surface area contributed by atoms with Gasteiger partial charge in [0.05, 0.1) is 22.2 Å². The third-order valence-corrected chi connectivity index (χ3v) is 14.9. The average molecular weight is 824 g/mol. The van der Waals surface area contributed by atoms with Crippen molar-refractivity contribution in [3.05, 3.63) is 293 Å². The third-order valence-electron chi connectivity index (χ3n) is 14.9. The lowest BCUT2D eigenvalue weighted by Gasteiger charge is -2.35. The maximum atomic E-state index is 2.59. The Morgan fingerprint density at radius 1 is 0.262 bits per heavy atom. The van der Waals surface area contributed by atoms with Crippen molar-refractivity contribution in [1.29, 1.82) is 0 Å². The number of hydrogen-bond donors (Lipinski definition) is 0. The van der Waals surface area contributed by atoms with E-state index in [1.165, 1.54) is 99.4 Å². The zero-order valence-electron chi connectivity index (χ0n) is 35.6. The minimum absolute atomic E-state index is 0.467. The largest absolute Gasteiger partial charge is 0.309 e. The highest BCUT2D eigenvalue weighted by atomic mass is 15.1. The summed E-state index contributed by atoms with van der Waals surface area (Å²) in [5, 5.41) is 4.95. The van der Waals surface area contributed by atoms with Crippen LogP contribution in [0.25, 0.3) is 54.9 Å². The fourth-order valence-corrected chi connectivity index (χ4v) is 12.5. The van der Waals surface area contributed by atoms with Crippen LogP contribution in [0.4, 0.5) is 17.1 Å². The summed E-state index contributed by atoms with van der Waals surface area (Å²) in [6.45, 7) is 0. The van der Waals surface area contributed by atoms with E-state index in [0.717, 1.165) is 17.1 Å². The van der Waals surface area contributed by atoms with Gasteiger partial charge in [-0.2, -0.15) is 0 Å². The second-order valence-electron chi connectivity index (χ2n) is 17.8. The molecule has 302 valence electrons. The second kappa shape index (κ2) is 13.6. The molecule has 0 atom stereocenters. The summed E-state index contributed by atoms with van der Waals surface area (Å²) < 4.78 is 0. The Kier molecular flexibility index (Phi) is 7.59. The molecule has 1 heteroatoms. The maximum absolute atomic E-state index is 2.59. The lowest BCUT2D eigenvalue weighted by molar-refractivity contribution is 0.768. The molecule has 11 aromatic rings. The van der Waals surface area contributed by atoms with Crippen LogP contribution in [0.1, 0.15) is 44.5 Å². The molecule has 0 unspecified atom stereocenters. The van der Waals surface area contributed by atoms with Crippen molar-refractivity contribution in [1.82, 2.24) is 0 Å². The van der Waals surface area contributed by atoms with E-state index >= 15 is 0 Å². The van der Waals surface area contributed by atoms with E-state index in [9.17, 15) is 0 Å². The molecular formula is C64H41N. The first-order valence-corrected chi connectivity index (χ1v) is 22.8. The number of fused-ring (bicyclic) bond motifs is 16. The highest BCUT2D eigenvalue weighted by Crippen LogP contribution is 2.65. The number of rotatable bonds is 5. The average Bonchev–Trinajstić information content (AvgIpc) is 3.97. The predicted octanol–water partition coefficient (Wildman–Crippen LogP) is 16.2. The number of nitrogens with zero attached hydrogens (tertiary/aromatic N) is 1. The molecule has 1 spiro atoms. The Balaban J connectivity index is 1.11. The monoisotopic (exact) mass is 823 g/mol. The molecule has 0 amide bonds. The first kappa shape index (κ1) is 36.2. The van der Waals surface area contributed by atoms with Crippen LogP contribution in [0.15, 0.2) is 249 Å². The molecule has 3 aliphatic carbocycles. The van der Waals surface area contributed by atoms with Gasteiger partial charge in [-0.3, -0.25) is 0 Å². The van der Waals surface area contributed by atoms with E-state index in [1.807, 2.05) is 0 Å². The molecule has 0 N–H and O–H groups in total. The Morgan fingerprint density at radius 2 is 0.738 bits per heavy atom. The summed E-state index contributed by atoms with van der Waals surface area (Å²) in [5.41, 5.74) is 20.6. The maximum Gasteiger partial charge on any atom is 0.0726 e. The van der Waals surface area contributed by atoms with Gasteiger partial charge in [-0.25, -0.2) is 0 Å². The molecule has 0 bridgehead atoms. The molecule has 0 aliphatic heterocycles. The van der Waals surface area contributed by atoms with Crippen LogP contribution >= 0.6 is 0 Å². The van der Waals surface area contributed by atoms with E-state index in [0.29, 0.717) is 0 Å². The van der Waals surface area contributed by atoms with Gasteiger partial charge >= 0.3 is 0 Å². The van der Waals surface area contributed by atoms with Crippen molar-refractivity contribution in [2.24, 2.45) is 0 Å². The van der Waals surface area contributed by atoms with Gasteiger partial charge in [0, 0.05) is 16.6 Å². The van der Waals surface area contributed by atoms with Gasteiger partial charge in [-0.05, 0) is 113 Å². The predicted molar refractivity (Wildman–Crippen MR) is 270 cm³/mol. The number of hydrogen-bond acceptors (Lipinski definition) is 1. The highest BCUT2D eigenvalue weighted by molar-refractivity contribution is 6.14. The summed E-state index contributed by atoms with van der Waals surface area (Å²) in [7, 11) is 0. The topological polar surface area (TPSA) is 3.24 Å². The molecule has 3 aliphatic rings. The van der Waals surface area contributed by atoms with Crippen molar-refractivity contribution >= 4 is 38.6 Å². The van der Waals surface area contributed by atoms with Gasteiger partial charge in [-0.1, -0.05) is 224 Å². The Labute approximate surface area is 379 Å². The van der Waals surface area contributed by atoms with E-state index < -0.39 is 10.8 Å². The van der Waals surface area contributed by atoms with Crippen molar-refractivity contribution in [3.63, 3.8) is 0 Å². The lowest BCUT2D eigenvalue weighted by atomic mass is 9.67. The summed E-state index contributed by atoms with van der Waals surface area (Å²) >= 11 is 0. The highest BCUT2D eigenvalue weighted by Gasteiger charge is 2.53. The normalized spacial score (nSPS) is 14.1. The summed E-state index contributed by atoms with van der Waals surface area (Å²) in [6.07, 6.45) is 0. The molecule has 14 rings (SSSR count). The standard InChI is InChI=1S/C64H41N/c1-3-20-43(21-4-1)63(44-22-5-2-6-23-44)54-30-13-9-27-50(54)51-40-38-45(41-59(51)63)65(60-35-17-29-47-46-24-8-7-19-42(46)37-39-52(47)60)61-36-18-34-58-62(61)53-28-12-16-33-57(53)64(58)55-31-14-10-25-48(55)49-26-11-15-32-56(49)64/h1-41H. The van der Waals surface area contributed by atoms with Gasteiger partial charge in [0.2, 0.25) is 0 Å². The molecule has 0 saturated carbocycles. The summed E-state index contributed by atoms with van der Waals surface area (Å²) in [4.78, 5) is 2.59. The molecule has 0 saturated heterocycles. The van der Waals surface area contributed by atoms with E-state index in [2.05, 4.69) is 254 Å². The minimum atomic E-state index is -0.544. The first-order chi connectivity index (χ1) is 32.3. The fourth-order valence-electron chi connectivity index (χ4n) is 12.5. The molecule has 0 fully saturated rings. The van der Waals surface area contributed by atoms with Gasteiger partial charge in [0.25, 0.3) is 0 Å². The van der Waals surface area contributed by atoms with Crippen LogP contribution in [-0.2, 0) is 10.8 Å². The number of benzene rings is 11. The minimum Gasteiger partial charge on any atom is -0.309 e. The molecule has 1 nitrogen and oxygen atoms in total. The van der Waals surface area contributed by atoms with Crippen molar-refractivity contribution in [3.8, 4) is 33.4 Å². The van der Waals surface area contributed by atoms with Crippen LogP contribution in [0.2, 0.25) is 0 Å². The first-order valence-electron chi connectivity index (χ1n) is 22.8. The van der Waals surface area contributed by atoms with E-state index in [1.54, 1.807) is 0 Å². The van der Waals surface area contributed by atoms with Gasteiger partial charge in [0.15, 0.2) is 0 Å². The van der Waals surface area contributed by atoms with Crippen LogP contribution in [-0.4, -0.2) is 0 Å². The lowest BCUT2D eigenvalue weighted by Crippen LogP contribution is -2.28. The van der Waals surface area contributed by atoms with Crippen molar-refractivity contribution < 1.29 is 0 Å². The van der Waals surface area contributed by atoms with Gasteiger partial charge in [-0.15, -0.1) is 0 Å². The number of anilines is 3. The molecule has 0 radical (unpaired) electrons. The second-order valence-corrected chi connectivity index (χ2v) is 17.8. The van der Waals surface area contributed by atoms with Crippen LogP contribution in [0.3, 0.4) is 0 Å². The molecular weight excluding hydrogens is 783 g/mol. The molecule has 0 aromatic heterocycles. The Bertz CT molecular complexity index is 3650. The Hall–Kier alpha value is -8.26. The van der Waals surface area contributed by atoms with Gasteiger partial charge < -0.3 is 4.90 Å². The Morgan fingerprint density at radius 3 is 1.40 bits per heavy atom. The SMILES string of the molecule is c1ccc(C2(c3ccccc3)c3ccccc3-c3ccc(N(c4cccc5c4-c4ccccc4C54c5ccccc5-c5ccccc54)c4cccc5c4ccc4ccccc45)cc32)cc1. The fraction of sp³-hybridized carbons (Fsp3) is 0.0312. The van der Waals surface area contributed by atoms with Crippen molar-refractivity contribution in [2.75, 3.05) is 4.90 Å². The van der Waals surface area contributed by atoms with Crippen molar-refractivity contribution in [2.45, 2.75) is 10.8 Å². The summed E-state index contributed by atoms with van der Waals surface area (Å²) in [5.74, 6) is 0. The van der Waals surface area contributed by atoms with Crippen LogP contribution in [0.5, 0.6) is 0 Å². The zero-order chi connectivity index (χ0) is 42.7. The third kappa shape index (κ3) is 4.72. The quantitative estimate of drug-likeness (QED) is 0.156. The summed E-state index contributed by atoms with van der Waals surface area (Å²) in [6, 6.07) is 93.4. The van der Waals surface area contributed by atoms with Crippen LogP contribution in [0, 0.1) is 0 Å². The smallest absolute Gasteiger partial charge is 0.0726 e. The molecule has 0 heterocycles. The molecule has 65 heavy (non-hydrogen) atoms. The zero-order valence-corrected chi connectivity index (χ0v) is 35.6. The van der Waals surface area contributed by atoms with E-state index in [-0.39, 0.29) is 0 Å².